The lowest BCUT2D eigenvalue weighted by Gasteiger charge is -2.21. The van der Waals surface area contributed by atoms with E-state index in [1.165, 1.54) is 0 Å². The van der Waals surface area contributed by atoms with E-state index in [-0.39, 0.29) is 25.3 Å². The average Bonchev–Trinajstić information content (AvgIpc) is 2.22. The molecule has 7 heteroatoms. The van der Waals surface area contributed by atoms with Gasteiger partial charge in [-0.3, -0.25) is 0 Å². The summed E-state index contributed by atoms with van der Waals surface area (Å²) in [7, 11) is 3.53. The molecule has 0 saturated heterocycles. The van der Waals surface area contributed by atoms with Crippen molar-refractivity contribution in [3.63, 3.8) is 0 Å². The normalized spacial score (nSPS) is 16.5. The Morgan fingerprint density at radius 2 is 1.18 bits per heavy atom. The number of hydrogen-bond donors (Lipinski definition) is 0. The molecule has 2 atom stereocenters. The average molecular weight is 268 g/mol. The summed E-state index contributed by atoms with van der Waals surface area (Å²) in [5.74, 6) is 0. The standard InChI is InChI=1S/C10H24N2O4S/c1-9(11(3)4)7-15-17(13,14)16-8-10(2)12(5)6/h9-10H,7-8H2,1-6H3. The number of likely N-dealkylation sites (N-methyl/N-ethyl adjacent to an activating group) is 2. The van der Waals surface area contributed by atoms with Gasteiger partial charge in [0.25, 0.3) is 0 Å². The Hall–Kier alpha value is -0.210. The van der Waals surface area contributed by atoms with Crippen LogP contribution in [-0.2, 0) is 18.8 Å². The molecular formula is C10H24N2O4S. The second kappa shape index (κ2) is 7.27. The Kier molecular flexibility index (Phi) is 7.18. The van der Waals surface area contributed by atoms with E-state index in [4.69, 9.17) is 8.37 Å². The highest BCUT2D eigenvalue weighted by molar-refractivity contribution is 7.81. The van der Waals surface area contributed by atoms with Crippen molar-refractivity contribution in [2.75, 3.05) is 41.4 Å². The minimum absolute atomic E-state index is 0.0136. The van der Waals surface area contributed by atoms with Crippen LogP contribution in [0.5, 0.6) is 0 Å². The molecule has 0 N–H and O–H groups in total. The fraction of sp³-hybridized carbons (Fsp3) is 1.00. The van der Waals surface area contributed by atoms with Crippen molar-refractivity contribution in [2.45, 2.75) is 25.9 Å². The Balaban J connectivity index is 4.05. The molecule has 104 valence electrons. The second-order valence-corrected chi connectivity index (χ2v) is 5.89. The molecule has 0 rings (SSSR count). The van der Waals surface area contributed by atoms with Gasteiger partial charge in [-0.25, -0.2) is 8.37 Å². The van der Waals surface area contributed by atoms with E-state index >= 15 is 0 Å². The molecular weight excluding hydrogens is 244 g/mol. The minimum Gasteiger partial charge on any atom is -0.304 e. The summed E-state index contributed by atoms with van der Waals surface area (Å²) in [6, 6.07) is 0.0271. The van der Waals surface area contributed by atoms with Crippen molar-refractivity contribution >= 4 is 10.4 Å². The molecule has 0 heterocycles. The van der Waals surface area contributed by atoms with Crippen LogP contribution >= 0.6 is 0 Å². The number of nitrogens with zero attached hydrogens (tertiary/aromatic N) is 2. The Morgan fingerprint density at radius 1 is 0.882 bits per heavy atom. The van der Waals surface area contributed by atoms with Crippen LogP contribution in [0, 0.1) is 0 Å². The molecule has 0 spiro atoms. The summed E-state index contributed by atoms with van der Waals surface area (Å²) in [6.07, 6.45) is 0. The molecule has 0 aromatic rings. The van der Waals surface area contributed by atoms with Gasteiger partial charge in [0.05, 0.1) is 13.2 Å². The first-order chi connectivity index (χ1) is 7.65. The van der Waals surface area contributed by atoms with Gasteiger partial charge in [-0.15, -0.1) is 0 Å². The fourth-order valence-corrected chi connectivity index (χ4v) is 1.49. The van der Waals surface area contributed by atoms with Gasteiger partial charge in [-0.2, -0.15) is 8.42 Å². The smallest absolute Gasteiger partial charge is 0.304 e. The van der Waals surface area contributed by atoms with E-state index in [1.54, 1.807) is 0 Å². The molecule has 0 bridgehead atoms. The Bertz CT molecular complexity index is 279. The van der Waals surface area contributed by atoms with E-state index in [9.17, 15) is 8.42 Å². The molecule has 0 aliphatic carbocycles. The second-order valence-electron chi connectivity index (χ2n) is 4.60. The largest absolute Gasteiger partial charge is 0.399 e. The zero-order chi connectivity index (χ0) is 13.6. The van der Waals surface area contributed by atoms with E-state index in [2.05, 4.69) is 0 Å². The van der Waals surface area contributed by atoms with Crippen molar-refractivity contribution < 1.29 is 16.8 Å². The summed E-state index contributed by atoms with van der Waals surface area (Å²) in [4.78, 5) is 3.75. The molecule has 0 saturated carbocycles. The first kappa shape index (κ1) is 16.8. The third-order valence-electron chi connectivity index (χ3n) is 2.67. The molecule has 0 aliphatic rings. The maximum Gasteiger partial charge on any atom is 0.399 e. The van der Waals surface area contributed by atoms with E-state index in [0.29, 0.717) is 0 Å². The Morgan fingerprint density at radius 3 is 1.41 bits per heavy atom. The summed E-state index contributed by atoms with van der Waals surface area (Å²) >= 11 is 0. The van der Waals surface area contributed by atoms with Crippen molar-refractivity contribution in [1.82, 2.24) is 9.80 Å². The predicted octanol–water partition coefficient (Wildman–Crippen LogP) is 0.165. The van der Waals surface area contributed by atoms with Crippen LogP contribution in [-0.4, -0.2) is 71.7 Å². The third-order valence-corrected chi connectivity index (χ3v) is 3.52. The van der Waals surface area contributed by atoms with Crippen molar-refractivity contribution in [2.24, 2.45) is 0 Å². The molecule has 0 radical (unpaired) electrons. The van der Waals surface area contributed by atoms with Gasteiger partial charge in [-0.1, -0.05) is 0 Å². The number of hydrogen-bond acceptors (Lipinski definition) is 6. The maximum absolute atomic E-state index is 11.4. The van der Waals surface area contributed by atoms with Crippen LogP contribution in [0.3, 0.4) is 0 Å². The van der Waals surface area contributed by atoms with Crippen molar-refractivity contribution in [1.29, 1.82) is 0 Å². The maximum atomic E-state index is 11.4. The monoisotopic (exact) mass is 268 g/mol. The summed E-state index contributed by atoms with van der Waals surface area (Å²) in [6.45, 7) is 3.92. The lowest BCUT2D eigenvalue weighted by molar-refractivity contribution is 0.143. The van der Waals surface area contributed by atoms with Crippen LogP contribution in [0.25, 0.3) is 0 Å². The Labute approximate surface area is 105 Å². The van der Waals surface area contributed by atoms with E-state index in [0.717, 1.165) is 0 Å². The highest BCUT2D eigenvalue weighted by Gasteiger charge is 2.17. The minimum atomic E-state index is -3.89. The SMILES string of the molecule is CC(COS(=O)(=O)OCC(C)N(C)C)N(C)C. The van der Waals surface area contributed by atoms with Crippen molar-refractivity contribution in [3.05, 3.63) is 0 Å². The van der Waals surface area contributed by atoms with Gasteiger partial charge in [0.15, 0.2) is 0 Å². The van der Waals surface area contributed by atoms with Gasteiger partial charge < -0.3 is 9.80 Å². The summed E-state index contributed by atoms with van der Waals surface area (Å²) < 4.78 is 32.4. The summed E-state index contributed by atoms with van der Waals surface area (Å²) in [5, 5.41) is 0. The predicted molar refractivity (Wildman–Crippen MR) is 67.1 cm³/mol. The first-order valence-electron chi connectivity index (χ1n) is 5.52. The molecule has 0 aromatic carbocycles. The van der Waals surface area contributed by atoms with E-state index in [1.807, 2.05) is 51.8 Å². The highest BCUT2D eigenvalue weighted by atomic mass is 32.3. The fourth-order valence-electron chi connectivity index (χ4n) is 0.696. The van der Waals surface area contributed by atoms with Gasteiger partial charge >= 0.3 is 10.4 Å². The van der Waals surface area contributed by atoms with Crippen molar-refractivity contribution in [3.8, 4) is 0 Å². The zero-order valence-electron chi connectivity index (χ0n) is 11.5. The summed E-state index contributed by atoms with van der Waals surface area (Å²) in [5.41, 5.74) is 0. The lowest BCUT2D eigenvalue weighted by Crippen LogP contribution is -2.33. The molecule has 2 unspecified atom stereocenters. The van der Waals surface area contributed by atoms with Crippen LogP contribution in [0.2, 0.25) is 0 Å². The van der Waals surface area contributed by atoms with Gasteiger partial charge in [-0.05, 0) is 42.0 Å². The quantitative estimate of drug-likeness (QED) is 0.625. The number of rotatable bonds is 8. The lowest BCUT2D eigenvalue weighted by atomic mass is 10.3. The van der Waals surface area contributed by atoms with Crippen LogP contribution in [0.4, 0.5) is 0 Å². The van der Waals surface area contributed by atoms with Crippen LogP contribution < -0.4 is 0 Å². The topological polar surface area (TPSA) is 59.1 Å². The first-order valence-corrected chi connectivity index (χ1v) is 6.85. The third kappa shape index (κ3) is 7.67. The molecule has 6 nitrogen and oxygen atoms in total. The molecule has 17 heavy (non-hydrogen) atoms. The van der Waals surface area contributed by atoms with Gasteiger partial charge in [0.1, 0.15) is 0 Å². The van der Waals surface area contributed by atoms with Gasteiger partial charge in [0.2, 0.25) is 0 Å². The highest BCUT2D eigenvalue weighted by Crippen LogP contribution is 2.03. The van der Waals surface area contributed by atoms with Crippen LogP contribution in [0.1, 0.15) is 13.8 Å². The zero-order valence-corrected chi connectivity index (χ0v) is 12.3. The molecule has 0 aromatic heterocycles. The van der Waals surface area contributed by atoms with Gasteiger partial charge in [0, 0.05) is 12.1 Å². The van der Waals surface area contributed by atoms with Crippen LogP contribution in [0.15, 0.2) is 0 Å². The molecule has 0 fully saturated rings. The molecule has 0 amide bonds. The van der Waals surface area contributed by atoms with E-state index < -0.39 is 10.4 Å². The molecule has 0 aliphatic heterocycles.